The van der Waals surface area contributed by atoms with Gasteiger partial charge in [0, 0.05) is 25.3 Å². The second-order valence-electron chi connectivity index (χ2n) is 5.30. The van der Waals surface area contributed by atoms with Gasteiger partial charge >= 0.3 is 0 Å². The predicted molar refractivity (Wildman–Crippen MR) is 87.2 cm³/mol. The van der Waals surface area contributed by atoms with Crippen molar-refractivity contribution in [2.75, 3.05) is 23.5 Å². The summed E-state index contributed by atoms with van der Waals surface area (Å²) in [6.45, 7) is 10.5. The molecule has 0 spiro atoms. The van der Waals surface area contributed by atoms with E-state index >= 15 is 0 Å². The van der Waals surface area contributed by atoms with Crippen molar-refractivity contribution in [3.63, 3.8) is 0 Å². The number of nitrogens with one attached hydrogen (secondary N) is 1. The lowest BCUT2D eigenvalue weighted by Gasteiger charge is -2.28. The Labute approximate surface area is 128 Å². The smallest absolute Gasteiger partial charge is 0.158 e. The molecule has 0 bridgehead atoms. The number of hydrazine groups is 1. The van der Waals surface area contributed by atoms with Crippen LogP contribution < -0.4 is 16.2 Å². The van der Waals surface area contributed by atoms with Gasteiger partial charge in [-0.2, -0.15) is 0 Å². The Bertz CT molecular complexity index is 411. The van der Waals surface area contributed by atoms with Gasteiger partial charge in [-0.05, 0) is 27.2 Å². The molecule has 120 valence electrons. The first kappa shape index (κ1) is 17.7. The summed E-state index contributed by atoms with van der Waals surface area (Å²) in [4.78, 5) is 11.2. The summed E-state index contributed by atoms with van der Waals surface area (Å²) in [6, 6.07) is 2.27. The van der Waals surface area contributed by atoms with Crippen molar-refractivity contribution in [3.05, 3.63) is 11.9 Å². The number of anilines is 2. The molecule has 6 heteroatoms. The summed E-state index contributed by atoms with van der Waals surface area (Å²) in [5.74, 6) is 7.69. The molecule has 0 aliphatic carbocycles. The third-order valence-corrected chi connectivity index (χ3v) is 3.26. The maximum Gasteiger partial charge on any atom is 0.158 e. The summed E-state index contributed by atoms with van der Waals surface area (Å²) < 4.78 is 5.40. The number of unbranched alkanes of at least 4 members (excludes halogenated alkanes) is 2. The molecule has 1 rings (SSSR count). The van der Waals surface area contributed by atoms with E-state index in [1.54, 1.807) is 0 Å². The van der Waals surface area contributed by atoms with E-state index in [0.29, 0.717) is 30.9 Å². The Morgan fingerprint density at radius 1 is 1.29 bits per heavy atom. The van der Waals surface area contributed by atoms with Crippen LogP contribution in [0, 0.1) is 0 Å². The molecule has 21 heavy (non-hydrogen) atoms. The highest BCUT2D eigenvalue weighted by molar-refractivity contribution is 5.49. The Kier molecular flexibility index (Phi) is 8.00. The van der Waals surface area contributed by atoms with Gasteiger partial charge in [0.05, 0.1) is 0 Å². The maximum atomic E-state index is 5.51. The minimum atomic E-state index is 0.377. The quantitative estimate of drug-likeness (QED) is 0.393. The van der Waals surface area contributed by atoms with Crippen molar-refractivity contribution in [2.24, 2.45) is 5.84 Å². The minimum absolute atomic E-state index is 0.377. The molecular weight excluding hydrogens is 266 g/mol. The predicted octanol–water partition coefficient (Wildman–Crippen LogP) is 2.70. The number of nitrogen functional groups attached to an aromatic ring is 1. The molecule has 6 nitrogen and oxygen atoms in total. The van der Waals surface area contributed by atoms with E-state index in [4.69, 9.17) is 10.6 Å². The van der Waals surface area contributed by atoms with E-state index in [0.717, 1.165) is 18.8 Å². The van der Waals surface area contributed by atoms with Gasteiger partial charge in [0.15, 0.2) is 5.82 Å². The second-order valence-corrected chi connectivity index (χ2v) is 5.30. The first-order valence-electron chi connectivity index (χ1n) is 7.81. The Balaban J connectivity index is 2.93. The fourth-order valence-corrected chi connectivity index (χ4v) is 2.13. The van der Waals surface area contributed by atoms with Crippen LogP contribution in [0.15, 0.2) is 6.07 Å². The first-order chi connectivity index (χ1) is 10.1. The third kappa shape index (κ3) is 5.85. The van der Waals surface area contributed by atoms with Gasteiger partial charge in [0.2, 0.25) is 0 Å². The lowest BCUT2D eigenvalue weighted by Crippen LogP contribution is -2.33. The van der Waals surface area contributed by atoms with Crippen LogP contribution in [0.3, 0.4) is 0 Å². The van der Waals surface area contributed by atoms with Gasteiger partial charge in [-0.15, -0.1) is 0 Å². The number of nitrogens with zero attached hydrogens (tertiary/aromatic N) is 3. The molecule has 0 aromatic carbocycles. The van der Waals surface area contributed by atoms with Crippen LogP contribution in [0.25, 0.3) is 0 Å². The summed E-state index contributed by atoms with van der Waals surface area (Å²) in [5, 5.41) is 0. The van der Waals surface area contributed by atoms with E-state index in [-0.39, 0.29) is 0 Å². The molecule has 1 aromatic heterocycles. The SMILES string of the molecule is CCCCCN(c1cc(NN)nc(COCC)n1)C(C)C. The van der Waals surface area contributed by atoms with Crippen molar-refractivity contribution < 1.29 is 4.74 Å². The number of hydrogen-bond acceptors (Lipinski definition) is 6. The second kappa shape index (κ2) is 9.52. The normalized spacial score (nSPS) is 11.0. The highest BCUT2D eigenvalue weighted by Crippen LogP contribution is 2.19. The molecule has 0 saturated heterocycles. The molecule has 1 heterocycles. The van der Waals surface area contributed by atoms with Crippen molar-refractivity contribution in [1.29, 1.82) is 0 Å². The highest BCUT2D eigenvalue weighted by Gasteiger charge is 2.14. The number of nitrogens with two attached hydrogens (primary N) is 1. The molecular formula is C15H29N5O. The Morgan fingerprint density at radius 3 is 2.62 bits per heavy atom. The summed E-state index contributed by atoms with van der Waals surface area (Å²) in [5.41, 5.74) is 2.61. The number of rotatable bonds is 10. The van der Waals surface area contributed by atoms with Crippen LogP contribution in [-0.2, 0) is 11.3 Å². The molecule has 3 N–H and O–H groups in total. The van der Waals surface area contributed by atoms with Gasteiger partial charge in [0.1, 0.15) is 18.2 Å². The van der Waals surface area contributed by atoms with Crippen molar-refractivity contribution in [1.82, 2.24) is 9.97 Å². The lowest BCUT2D eigenvalue weighted by molar-refractivity contribution is 0.128. The summed E-state index contributed by atoms with van der Waals surface area (Å²) in [6.07, 6.45) is 3.59. The zero-order valence-corrected chi connectivity index (χ0v) is 13.7. The topological polar surface area (TPSA) is 76.3 Å². The molecule has 0 radical (unpaired) electrons. The highest BCUT2D eigenvalue weighted by atomic mass is 16.5. The molecule has 0 atom stereocenters. The number of hydrogen-bond donors (Lipinski definition) is 2. The Morgan fingerprint density at radius 2 is 2.05 bits per heavy atom. The van der Waals surface area contributed by atoms with Gasteiger partial charge in [0.25, 0.3) is 0 Å². The van der Waals surface area contributed by atoms with E-state index < -0.39 is 0 Å². The van der Waals surface area contributed by atoms with Gasteiger partial charge in [-0.3, -0.25) is 0 Å². The first-order valence-corrected chi connectivity index (χ1v) is 7.81. The third-order valence-electron chi connectivity index (χ3n) is 3.26. The lowest BCUT2D eigenvalue weighted by atomic mass is 10.2. The van der Waals surface area contributed by atoms with Crippen LogP contribution >= 0.6 is 0 Å². The molecule has 0 unspecified atom stereocenters. The molecule has 1 aromatic rings. The number of aromatic nitrogens is 2. The average molecular weight is 295 g/mol. The van der Waals surface area contributed by atoms with E-state index in [1.165, 1.54) is 12.8 Å². The van der Waals surface area contributed by atoms with Gasteiger partial charge < -0.3 is 15.1 Å². The van der Waals surface area contributed by atoms with Crippen molar-refractivity contribution in [3.8, 4) is 0 Å². The van der Waals surface area contributed by atoms with Gasteiger partial charge in [-0.1, -0.05) is 19.8 Å². The monoisotopic (exact) mass is 295 g/mol. The molecule has 0 aliphatic heterocycles. The fourth-order valence-electron chi connectivity index (χ4n) is 2.13. The molecule has 0 amide bonds. The maximum absolute atomic E-state index is 5.51. The number of ether oxygens (including phenoxy) is 1. The van der Waals surface area contributed by atoms with E-state index in [1.807, 2.05) is 13.0 Å². The standard InChI is InChI=1S/C15H29N5O/c1-5-7-8-9-20(12(3)4)15-10-13(19-16)17-14(18-15)11-21-6-2/h10,12H,5-9,11,16H2,1-4H3,(H,17,18,19). The Hall–Kier alpha value is -1.40. The van der Waals surface area contributed by atoms with Crippen LogP contribution in [0.1, 0.15) is 52.8 Å². The van der Waals surface area contributed by atoms with Crippen molar-refractivity contribution >= 4 is 11.6 Å². The molecule has 0 fully saturated rings. The van der Waals surface area contributed by atoms with Crippen molar-refractivity contribution in [2.45, 2.75) is 59.6 Å². The van der Waals surface area contributed by atoms with Crippen LogP contribution in [0.4, 0.5) is 11.6 Å². The summed E-state index contributed by atoms with van der Waals surface area (Å²) >= 11 is 0. The fraction of sp³-hybridized carbons (Fsp3) is 0.733. The zero-order chi connectivity index (χ0) is 15.7. The van der Waals surface area contributed by atoms with Crippen LogP contribution in [0.2, 0.25) is 0 Å². The average Bonchev–Trinajstić information content (AvgIpc) is 2.48. The van der Waals surface area contributed by atoms with Crippen LogP contribution in [-0.4, -0.2) is 29.2 Å². The van der Waals surface area contributed by atoms with E-state index in [2.05, 4.69) is 41.1 Å². The minimum Gasteiger partial charge on any atom is -0.374 e. The van der Waals surface area contributed by atoms with Gasteiger partial charge in [-0.25, -0.2) is 15.8 Å². The summed E-state index contributed by atoms with van der Waals surface area (Å²) in [7, 11) is 0. The van der Waals surface area contributed by atoms with Crippen LogP contribution in [0.5, 0.6) is 0 Å². The zero-order valence-electron chi connectivity index (χ0n) is 13.7. The molecule has 0 aliphatic rings. The molecule has 0 saturated carbocycles. The van der Waals surface area contributed by atoms with E-state index in [9.17, 15) is 0 Å². The largest absolute Gasteiger partial charge is 0.374 e.